The van der Waals surface area contributed by atoms with Gasteiger partial charge in [-0.25, -0.2) is 0 Å². The number of ether oxygens (including phenoxy) is 1. The smallest absolute Gasteiger partial charge is 0.273 e. The van der Waals surface area contributed by atoms with Gasteiger partial charge < -0.3 is 10.1 Å². The van der Waals surface area contributed by atoms with Crippen LogP contribution in [0.2, 0.25) is 5.02 Å². The van der Waals surface area contributed by atoms with E-state index in [1.165, 1.54) is 18.2 Å². The third kappa shape index (κ3) is 3.57. The van der Waals surface area contributed by atoms with Gasteiger partial charge in [-0.3, -0.25) is 14.9 Å². The van der Waals surface area contributed by atoms with Crippen molar-refractivity contribution in [3.63, 3.8) is 0 Å². The minimum atomic E-state index is -0.750. The molecule has 0 saturated heterocycles. The van der Waals surface area contributed by atoms with E-state index < -0.39 is 11.0 Å². The van der Waals surface area contributed by atoms with Gasteiger partial charge >= 0.3 is 0 Å². The van der Waals surface area contributed by atoms with Gasteiger partial charge in [0.15, 0.2) is 6.10 Å². The Kier molecular flexibility index (Phi) is 3.90. The second kappa shape index (κ2) is 5.44. The first kappa shape index (κ1) is 13.6. The Labute approximate surface area is 114 Å². The van der Waals surface area contributed by atoms with Gasteiger partial charge in [0, 0.05) is 12.1 Å². The fraction of sp³-hybridized carbons (Fsp3) is 0.417. The molecule has 0 spiro atoms. The molecule has 7 heteroatoms. The lowest BCUT2D eigenvalue weighted by atomic mass is 10.3. The van der Waals surface area contributed by atoms with Gasteiger partial charge in [0.2, 0.25) is 0 Å². The summed E-state index contributed by atoms with van der Waals surface area (Å²) in [7, 11) is 0. The van der Waals surface area contributed by atoms with Gasteiger partial charge in [0.1, 0.15) is 5.75 Å². The first-order chi connectivity index (χ1) is 8.97. The molecule has 1 aromatic carbocycles. The molecule has 1 saturated carbocycles. The van der Waals surface area contributed by atoms with Gasteiger partial charge in [-0.15, -0.1) is 0 Å². The predicted octanol–water partition coefficient (Wildman–Crippen LogP) is 2.29. The van der Waals surface area contributed by atoms with Crippen molar-refractivity contribution >= 4 is 23.2 Å². The van der Waals surface area contributed by atoms with Gasteiger partial charge in [0.25, 0.3) is 11.6 Å². The molecule has 1 amide bonds. The number of halogens is 1. The number of benzene rings is 1. The molecule has 0 radical (unpaired) electrons. The molecule has 1 N–H and O–H groups in total. The SMILES string of the molecule is CC(Oc1cc([N+](=O)[O-])ccc1Cl)C(=O)NC1CC1. The maximum absolute atomic E-state index is 11.7. The van der Waals surface area contributed by atoms with Crippen LogP contribution < -0.4 is 10.1 Å². The second-order valence-electron chi connectivity index (χ2n) is 4.41. The number of hydrogen-bond acceptors (Lipinski definition) is 4. The zero-order valence-corrected chi connectivity index (χ0v) is 11.0. The molecule has 1 fully saturated rings. The minimum absolute atomic E-state index is 0.130. The van der Waals surface area contributed by atoms with Crippen LogP contribution >= 0.6 is 11.6 Å². The standard InChI is InChI=1S/C12H13ClN2O4/c1-7(12(16)14-8-2-3-8)19-11-6-9(15(17)18)4-5-10(11)13/h4-8H,2-3H2,1H3,(H,14,16). The summed E-state index contributed by atoms with van der Waals surface area (Å²) in [4.78, 5) is 21.8. The fourth-order valence-electron chi connectivity index (χ4n) is 1.49. The number of nitro benzene ring substituents is 1. The van der Waals surface area contributed by atoms with Crippen molar-refractivity contribution < 1.29 is 14.5 Å². The highest BCUT2D eigenvalue weighted by Crippen LogP contribution is 2.29. The molecular formula is C12H13ClN2O4. The van der Waals surface area contributed by atoms with Crippen molar-refractivity contribution in [3.8, 4) is 5.75 Å². The highest BCUT2D eigenvalue weighted by Gasteiger charge is 2.26. The van der Waals surface area contributed by atoms with Gasteiger partial charge in [-0.1, -0.05) is 11.6 Å². The average Bonchev–Trinajstić information content (AvgIpc) is 3.15. The molecule has 1 atom stereocenters. The number of non-ortho nitro benzene ring substituents is 1. The van der Waals surface area contributed by atoms with E-state index in [2.05, 4.69) is 5.32 Å². The van der Waals surface area contributed by atoms with Gasteiger partial charge in [-0.2, -0.15) is 0 Å². The van der Waals surface area contributed by atoms with E-state index in [4.69, 9.17) is 16.3 Å². The number of nitro groups is 1. The third-order valence-electron chi connectivity index (χ3n) is 2.72. The number of nitrogens with one attached hydrogen (secondary N) is 1. The zero-order chi connectivity index (χ0) is 14.0. The van der Waals surface area contributed by atoms with E-state index in [9.17, 15) is 14.9 Å². The van der Waals surface area contributed by atoms with Crippen LogP contribution in [0.4, 0.5) is 5.69 Å². The number of carbonyl (C=O) groups excluding carboxylic acids is 1. The van der Waals surface area contributed by atoms with Crippen LogP contribution in [-0.2, 0) is 4.79 Å². The Bertz CT molecular complexity index is 516. The molecule has 1 aliphatic carbocycles. The Hall–Kier alpha value is -1.82. The van der Waals surface area contributed by atoms with Crippen LogP contribution in [0.3, 0.4) is 0 Å². The Morgan fingerprint density at radius 2 is 2.26 bits per heavy atom. The zero-order valence-electron chi connectivity index (χ0n) is 10.3. The second-order valence-corrected chi connectivity index (χ2v) is 4.82. The predicted molar refractivity (Wildman–Crippen MR) is 69.4 cm³/mol. The molecule has 19 heavy (non-hydrogen) atoms. The van der Waals surface area contributed by atoms with Crippen LogP contribution in [0.1, 0.15) is 19.8 Å². The summed E-state index contributed by atoms with van der Waals surface area (Å²) in [6.07, 6.45) is 1.21. The molecule has 0 heterocycles. The summed E-state index contributed by atoms with van der Waals surface area (Å²) in [5.74, 6) is -0.112. The van der Waals surface area contributed by atoms with E-state index in [-0.39, 0.29) is 28.4 Å². The molecule has 1 unspecified atom stereocenters. The van der Waals surface area contributed by atoms with Crippen LogP contribution in [0.25, 0.3) is 0 Å². The molecule has 0 aliphatic heterocycles. The number of carbonyl (C=O) groups is 1. The van der Waals surface area contributed by atoms with E-state index >= 15 is 0 Å². The first-order valence-corrected chi connectivity index (χ1v) is 6.26. The number of rotatable bonds is 5. The summed E-state index contributed by atoms with van der Waals surface area (Å²) in [5.41, 5.74) is -0.130. The summed E-state index contributed by atoms with van der Waals surface area (Å²) in [6.45, 7) is 1.58. The van der Waals surface area contributed by atoms with Crippen LogP contribution in [0.5, 0.6) is 5.75 Å². The van der Waals surface area contributed by atoms with Crippen molar-refractivity contribution in [3.05, 3.63) is 33.3 Å². The lowest BCUT2D eigenvalue weighted by molar-refractivity contribution is -0.384. The van der Waals surface area contributed by atoms with Crippen molar-refractivity contribution in [2.75, 3.05) is 0 Å². The average molecular weight is 285 g/mol. The molecule has 0 aromatic heterocycles. The van der Waals surface area contributed by atoms with Crippen molar-refractivity contribution in [1.29, 1.82) is 0 Å². The fourth-order valence-corrected chi connectivity index (χ4v) is 1.65. The molecule has 1 aromatic rings. The van der Waals surface area contributed by atoms with Crippen LogP contribution in [0, 0.1) is 10.1 Å². The summed E-state index contributed by atoms with van der Waals surface area (Å²) < 4.78 is 5.38. The highest BCUT2D eigenvalue weighted by molar-refractivity contribution is 6.32. The molecule has 2 rings (SSSR count). The van der Waals surface area contributed by atoms with Crippen molar-refractivity contribution in [1.82, 2.24) is 5.32 Å². The normalized spacial score (nSPS) is 15.7. The first-order valence-electron chi connectivity index (χ1n) is 5.88. The van der Waals surface area contributed by atoms with Crippen molar-refractivity contribution in [2.45, 2.75) is 31.9 Å². The maximum atomic E-state index is 11.7. The lowest BCUT2D eigenvalue weighted by Gasteiger charge is -2.15. The molecule has 1 aliphatic rings. The maximum Gasteiger partial charge on any atom is 0.273 e. The third-order valence-corrected chi connectivity index (χ3v) is 3.03. The lowest BCUT2D eigenvalue weighted by Crippen LogP contribution is -2.37. The highest BCUT2D eigenvalue weighted by atomic mass is 35.5. The topological polar surface area (TPSA) is 81.5 Å². The van der Waals surface area contributed by atoms with Crippen LogP contribution in [-0.4, -0.2) is 23.0 Å². The Balaban J connectivity index is 2.06. The van der Waals surface area contributed by atoms with Crippen LogP contribution in [0.15, 0.2) is 18.2 Å². The van der Waals surface area contributed by atoms with Gasteiger partial charge in [-0.05, 0) is 25.8 Å². The molecule has 0 bridgehead atoms. The summed E-state index contributed by atoms with van der Waals surface area (Å²) >= 11 is 5.89. The molecule has 102 valence electrons. The molecular weight excluding hydrogens is 272 g/mol. The number of nitrogens with zero attached hydrogens (tertiary/aromatic N) is 1. The largest absolute Gasteiger partial charge is 0.479 e. The molecule has 6 nitrogen and oxygen atoms in total. The van der Waals surface area contributed by atoms with E-state index in [1.54, 1.807) is 6.92 Å². The number of amides is 1. The van der Waals surface area contributed by atoms with E-state index in [1.807, 2.05) is 0 Å². The summed E-state index contributed by atoms with van der Waals surface area (Å²) in [5, 5.41) is 13.7. The van der Waals surface area contributed by atoms with Gasteiger partial charge in [0.05, 0.1) is 16.0 Å². The Morgan fingerprint density at radius 3 is 2.84 bits per heavy atom. The Morgan fingerprint density at radius 1 is 1.58 bits per heavy atom. The van der Waals surface area contributed by atoms with E-state index in [0.29, 0.717) is 0 Å². The van der Waals surface area contributed by atoms with E-state index in [0.717, 1.165) is 12.8 Å². The summed E-state index contributed by atoms with van der Waals surface area (Å²) in [6, 6.07) is 4.10. The quantitative estimate of drug-likeness (QED) is 0.664. The van der Waals surface area contributed by atoms with Crippen molar-refractivity contribution in [2.24, 2.45) is 0 Å². The number of hydrogen-bond donors (Lipinski definition) is 1. The monoisotopic (exact) mass is 284 g/mol. The minimum Gasteiger partial charge on any atom is -0.479 e.